The van der Waals surface area contributed by atoms with E-state index < -0.39 is 0 Å². The van der Waals surface area contributed by atoms with Crippen LogP contribution in [0, 0.1) is 0 Å². The van der Waals surface area contributed by atoms with Crippen molar-refractivity contribution in [1.82, 2.24) is 20.1 Å². The second-order valence-electron chi connectivity index (χ2n) is 4.60. The summed E-state index contributed by atoms with van der Waals surface area (Å²) in [6.07, 6.45) is 0. The lowest BCUT2D eigenvalue weighted by Crippen LogP contribution is -2.17. The topological polar surface area (TPSA) is 54.3 Å². The van der Waals surface area contributed by atoms with Crippen LogP contribution in [0.4, 0.5) is 5.13 Å². The molecule has 0 aliphatic rings. The number of hydrogen-bond donors (Lipinski definition) is 0. The lowest BCUT2D eigenvalue weighted by Gasteiger charge is -2.09. The first-order valence-corrected chi connectivity index (χ1v) is 9.14. The van der Waals surface area contributed by atoms with Crippen molar-refractivity contribution in [3.8, 4) is 0 Å². The lowest BCUT2D eigenvalue weighted by atomic mass is 10.3. The third-order valence-corrected chi connectivity index (χ3v) is 6.01. The zero-order valence-electron chi connectivity index (χ0n) is 12.1. The maximum absolute atomic E-state index is 5.98. The molecule has 3 rings (SSSR count). The van der Waals surface area contributed by atoms with E-state index in [0.29, 0.717) is 10.2 Å². The Hall–Kier alpha value is -1.22. The van der Waals surface area contributed by atoms with E-state index in [-0.39, 0.29) is 0 Å². The Balaban J connectivity index is 1.80. The molecular formula is C13H12ClN5S3. The minimum absolute atomic E-state index is 0.651. The SMILES string of the molecule is CC(=Nc1nnc(Sc2nc3cc(Cl)ccc3s2)s1)N(C)C. The van der Waals surface area contributed by atoms with Gasteiger partial charge in [-0.2, -0.15) is 0 Å². The summed E-state index contributed by atoms with van der Waals surface area (Å²) in [4.78, 5) is 10.9. The molecule has 0 fully saturated rings. The molecule has 0 aliphatic heterocycles. The first kappa shape index (κ1) is 15.7. The predicted molar refractivity (Wildman–Crippen MR) is 95.1 cm³/mol. The number of hydrogen-bond acceptors (Lipinski definition) is 7. The van der Waals surface area contributed by atoms with Crippen LogP contribution in [0.3, 0.4) is 0 Å². The number of aromatic nitrogens is 3. The molecule has 0 aliphatic carbocycles. The molecule has 3 aromatic rings. The monoisotopic (exact) mass is 369 g/mol. The van der Waals surface area contributed by atoms with E-state index in [1.165, 1.54) is 23.1 Å². The van der Waals surface area contributed by atoms with Crippen LogP contribution in [0.15, 0.2) is 31.9 Å². The lowest BCUT2D eigenvalue weighted by molar-refractivity contribution is 0.618. The Morgan fingerprint density at radius 1 is 1.23 bits per heavy atom. The van der Waals surface area contributed by atoms with Gasteiger partial charge in [-0.15, -0.1) is 21.5 Å². The van der Waals surface area contributed by atoms with E-state index in [1.54, 1.807) is 11.3 Å². The van der Waals surface area contributed by atoms with E-state index in [0.717, 1.165) is 24.7 Å². The van der Waals surface area contributed by atoms with E-state index >= 15 is 0 Å². The summed E-state index contributed by atoms with van der Waals surface area (Å²) in [5, 5.41) is 9.60. The second-order valence-corrected chi connectivity index (χ2v) is 8.52. The maximum atomic E-state index is 5.98. The van der Waals surface area contributed by atoms with Gasteiger partial charge in [0.25, 0.3) is 0 Å². The molecule has 0 saturated carbocycles. The number of nitrogens with zero attached hydrogens (tertiary/aromatic N) is 5. The molecule has 2 heterocycles. The molecule has 0 atom stereocenters. The minimum Gasteiger partial charge on any atom is -0.366 e. The minimum atomic E-state index is 0.651. The van der Waals surface area contributed by atoms with Crippen molar-refractivity contribution in [3.05, 3.63) is 23.2 Å². The van der Waals surface area contributed by atoms with E-state index in [9.17, 15) is 0 Å². The number of fused-ring (bicyclic) bond motifs is 1. The Labute approximate surface area is 145 Å². The highest BCUT2D eigenvalue weighted by Gasteiger charge is 2.10. The van der Waals surface area contributed by atoms with Crippen molar-refractivity contribution in [1.29, 1.82) is 0 Å². The quantitative estimate of drug-likeness (QED) is 0.500. The van der Waals surface area contributed by atoms with Crippen molar-refractivity contribution in [3.63, 3.8) is 0 Å². The number of halogens is 1. The van der Waals surface area contributed by atoms with Gasteiger partial charge in [0.05, 0.1) is 10.2 Å². The van der Waals surface area contributed by atoms with Crippen LogP contribution in [0.5, 0.6) is 0 Å². The Bertz CT molecular complexity index is 839. The van der Waals surface area contributed by atoms with Crippen LogP contribution in [0.2, 0.25) is 5.02 Å². The number of aliphatic imine (C=N–C) groups is 1. The van der Waals surface area contributed by atoms with Gasteiger partial charge in [-0.1, -0.05) is 22.9 Å². The van der Waals surface area contributed by atoms with E-state index in [2.05, 4.69) is 20.2 Å². The fourth-order valence-electron chi connectivity index (χ4n) is 1.53. The van der Waals surface area contributed by atoms with Crippen molar-refractivity contribution < 1.29 is 0 Å². The van der Waals surface area contributed by atoms with Gasteiger partial charge in [0, 0.05) is 19.1 Å². The number of thiazole rings is 1. The highest BCUT2D eigenvalue weighted by Crippen LogP contribution is 2.37. The van der Waals surface area contributed by atoms with Crippen molar-refractivity contribution in [2.45, 2.75) is 15.6 Å². The molecule has 2 aromatic heterocycles. The summed E-state index contributed by atoms with van der Waals surface area (Å²) >= 11 is 10.6. The van der Waals surface area contributed by atoms with Crippen LogP contribution in [-0.4, -0.2) is 40.0 Å². The molecule has 0 bridgehead atoms. The number of rotatable bonds is 3. The van der Waals surface area contributed by atoms with Gasteiger partial charge in [0.2, 0.25) is 5.13 Å². The summed E-state index contributed by atoms with van der Waals surface area (Å²) in [5.74, 6) is 0.891. The second kappa shape index (κ2) is 6.49. The zero-order valence-corrected chi connectivity index (χ0v) is 15.3. The molecule has 5 nitrogen and oxygen atoms in total. The normalized spacial score (nSPS) is 12.1. The Morgan fingerprint density at radius 3 is 2.82 bits per heavy atom. The third-order valence-electron chi connectivity index (χ3n) is 2.81. The van der Waals surface area contributed by atoms with Gasteiger partial charge in [0.1, 0.15) is 5.84 Å². The molecule has 114 valence electrons. The van der Waals surface area contributed by atoms with Gasteiger partial charge < -0.3 is 4.90 Å². The number of amidine groups is 1. The van der Waals surface area contributed by atoms with Crippen LogP contribution >= 0.6 is 46.0 Å². The summed E-state index contributed by atoms with van der Waals surface area (Å²) in [5.41, 5.74) is 0.909. The van der Waals surface area contributed by atoms with Gasteiger partial charge in [-0.05, 0) is 36.9 Å². The molecule has 1 aromatic carbocycles. The maximum Gasteiger partial charge on any atom is 0.234 e. The molecule has 0 N–H and O–H groups in total. The summed E-state index contributed by atoms with van der Waals surface area (Å²) in [6.45, 7) is 1.94. The average molecular weight is 370 g/mol. The molecular weight excluding hydrogens is 358 g/mol. The molecule has 22 heavy (non-hydrogen) atoms. The fourth-order valence-corrected chi connectivity index (χ4v) is 4.70. The standard InChI is InChI=1S/C13H12ClN5S3/c1-7(19(2)3)15-11-17-18-13(21-11)22-12-16-9-6-8(14)4-5-10(9)20-12/h4-6H,1-3H3. The van der Waals surface area contributed by atoms with Gasteiger partial charge >= 0.3 is 0 Å². The summed E-state index contributed by atoms with van der Waals surface area (Å²) < 4.78 is 2.86. The molecule has 0 amide bonds. The predicted octanol–water partition coefficient (Wildman–Crippen LogP) is 4.56. The fraction of sp³-hybridized carbons (Fsp3) is 0.231. The van der Waals surface area contributed by atoms with Gasteiger partial charge in [-0.25, -0.2) is 9.98 Å². The van der Waals surface area contributed by atoms with Crippen LogP contribution in [-0.2, 0) is 0 Å². The van der Waals surface area contributed by atoms with Gasteiger partial charge in [0.15, 0.2) is 8.68 Å². The zero-order chi connectivity index (χ0) is 15.7. The smallest absolute Gasteiger partial charge is 0.234 e. The molecule has 0 unspecified atom stereocenters. The third kappa shape index (κ3) is 3.57. The van der Waals surface area contributed by atoms with Gasteiger partial charge in [-0.3, -0.25) is 0 Å². The van der Waals surface area contributed by atoms with Crippen LogP contribution in [0.25, 0.3) is 10.2 Å². The summed E-state index contributed by atoms with van der Waals surface area (Å²) in [7, 11) is 3.89. The molecule has 0 spiro atoms. The van der Waals surface area contributed by atoms with Crippen molar-refractivity contribution >= 4 is 67.2 Å². The van der Waals surface area contributed by atoms with Crippen LogP contribution in [0.1, 0.15) is 6.92 Å². The Morgan fingerprint density at radius 2 is 2.05 bits per heavy atom. The molecule has 0 saturated heterocycles. The first-order valence-electron chi connectivity index (χ1n) is 6.31. The average Bonchev–Trinajstić information content (AvgIpc) is 3.05. The summed E-state index contributed by atoms with van der Waals surface area (Å²) in [6, 6.07) is 5.72. The highest BCUT2D eigenvalue weighted by molar-refractivity contribution is 8.02. The van der Waals surface area contributed by atoms with Crippen LogP contribution < -0.4 is 0 Å². The number of benzene rings is 1. The van der Waals surface area contributed by atoms with Crippen molar-refractivity contribution in [2.24, 2.45) is 4.99 Å². The molecule has 9 heteroatoms. The Kier molecular flexibility index (Phi) is 4.62. The van der Waals surface area contributed by atoms with E-state index in [1.807, 2.05) is 44.1 Å². The molecule has 0 radical (unpaired) electrons. The first-order chi connectivity index (χ1) is 10.5. The van der Waals surface area contributed by atoms with Crippen molar-refractivity contribution in [2.75, 3.05) is 14.1 Å². The largest absolute Gasteiger partial charge is 0.366 e. The van der Waals surface area contributed by atoms with E-state index in [4.69, 9.17) is 11.6 Å². The highest BCUT2D eigenvalue weighted by atomic mass is 35.5.